The van der Waals surface area contributed by atoms with Crippen LogP contribution in [-0.4, -0.2) is 13.1 Å². The lowest BCUT2D eigenvalue weighted by molar-refractivity contribution is -0.137. The molecule has 2 aliphatic carbocycles. The third-order valence-electron chi connectivity index (χ3n) is 6.84. The van der Waals surface area contributed by atoms with Crippen molar-refractivity contribution < 1.29 is 13.2 Å². The predicted octanol–water partition coefficient (Wildman–Crippen LogP) is 4.84. The van der Waals surface area contributed by atoms with Crippen molar-refractivity contribution in [2.75, 3.05) is 18.0 Å². The largest absolute Gasteiger partial charge is 0.416 e. The molecule has 0 N–H and O–H groups in total. The Morgan fingerprint density at radius 2 is 2.04 bits per heavy atom. The van der Waals surface area contributed by atoms with Crippen molar-refractivity contribution in [3.8, 4) is 6.07 Å². The molecular formula is C19H21F3N2. The molecule has 1 spiro atoms. The van der Waals surface area contributed by atoms with E-state index in [1.807, 2.05) is 0 Å². The molecule has 0 radical (unpaired) electrons. The molecule has 4 unspecified atom stereocenters. The summed E-state index contributed by atoms with van der Waals surface area (Å²) in [5.41, 5.74) is 0.424. The second kappa shape index (κ2) is 5.15. The van der Waals surface area contributed by atoms with Gasteiger partial charge >= 0.3 is 6.18 Å². The molecular weight excluding hydrogens is 313 g/mol. The van der Waals surface area contributed by atoms with Crippen LogP contribution in [0.25, 0.3) is 0 Å². The summed E-state index contributed by atoms with van der Waals surface area (Å²) >= 11 is 0. The van der Waals surface area contributed by atoms with Crippen LogP contribution in [0.5, 0.6) is 0 Å². The minimum Gasteiger partial charge on any atom is -0.370 e. The van der Waals surface area contributed by atoms with Gasteiger partial charge in [0.25, 0.3) is 0 Å². The Morgan fingerprint density at radius 3 is 2.75 bits per heavy atom. The summed E-state index contributed by atoms with van der Waals surface area (Å²) in [5.74, 6) is 1.91. The number of anilines is 1. The summed E-state index contributed by atoms with van der Waals surface area (Å²) in [5, 5.41) is 9.34. The van der Waals surface area contributed by atoms with E-state index in [9.17, 15) is 18.4 Å². The highest BCUT2D eigenvalue weighted by atomic mass is 19.4. The molecule has 1 aliphatic heterocycles. The third kappa shape index (κ3) is 2.08. The quantitative estimate of drug-likeness (QED) is 0.735. The van der Waals surface area contributed by atoms with E-state index >= 15 is 0 Å². The van der Waals surface area contributed by atoms with E-state index in [1.165, 1.54) is 37.8 Å². The second-order valence-electron chi connectivity index (χ2n) is 7.77. The van der Waals surface area contributed by atoms with Gasteiger partial charge in [-0.3, -0.25) is 0 Å². The molecule has 5 heteroatoms. The van der Waals surface area contributed by atoms with Crippen LogP contribution in [0.2, 0.25) is 0 Å². The molecule has 3 aliphatic rings. The van der Waals surface area contributed by atoms with E-state index in [0.717, 1.165) is 19.2 Å². The first kappa shape index (κ1) is 15.8. The molecule has 4 atom stereocenters. The van der Waals surface area contributed by atoms with Crippen LogP contribution in [0.1, 0.15) is 43.7 Å². The Kier molecular flexibility index (Phi) is 3.39. The Balaban J connectivity index is 1.69. The van der Waals surface area contributed by atoms with E-state index in [4.69, 9.17) is 0 Å². The number of benzene rings is 1. The lowest BCUT2D eigenvalue weighted by Crippen LogP contribution is -2.56. The summed E-state index contributed by atoms with van der Waals surface area (Å²) in [6.45, 7) is 3.88. The van der Waals surface area contributed by atoms with Gasteiger partial charge in [-0.25, -0.2) is 0 Å². The van der Waals surface area contributed by atoms with Gasteiger partial charge in [-0.2, -0.15) is 18.4 Å². The third-order valence-corrected chi connectivity index (χ3v) is 6.84. The second-order valence-corrected chi connectivity index (χ2v) is 7.77. The van der Waals surface area contributed by atoms with Crippen molar-refractivity contribution >= 4 is 5.69 Å². The van der Waals surface area contributed by atoms with Crippen molar-refractivity contribution in [1.82, 2.24) is 0 Å². The molecule has 0 aromatic heterocycles. The number of hydrogen-bond acceptors (Lipinski definition) is 2. The molecule has 1 aromatic rings. The zero-order chi connectivity index (χ0) is 17.1. The molecule has 1 heterocycles. The number of hydrogen-bond donors (Lipinski definition) is 0. The molecule has 2 nitrogen and oxygen atoms in total. The number of nitriles is 1. The molecule has 3 fully saturated rings. The fourth-order valence-electron chi connectivity index (χ4n) is 5.79. The van der Waals surface area contributed by atoms with Crippen LogP contribution in [0.4, 0.5) is 18.9 Å². The summed E-state index contributed by atoms with van der Waals surface area (Å²) in [4.78, 5) is 2.06. The first-order chi connectivity index (χ1) is 11.4. The number of rotatable bonds is 1. The summed E-state index contributed by atoms with van der Waals surface area (Å²) in [6.07, 6.45) is 0.557. The zero-order valence-corrected chi connectivity index (χ0v) is 13.7. The van der Waals surface area contributed by atoms with Crippen molar-refractivity contribution in [3.63, 3.8) is 0 Å². The molecule has 1 saturated heterocycles. The van der Waals surface area contributed by atoms with Crippen LogP contribution < -0.4 is 4.90 Å². The minimum absolute atomic E-state index is 0.276. The Morgan fingerprint density at radius 1 is 1.25 bits per heavy atom. The monoisotopic (exact) mass is 334 g/mol. The molecule has 0 bridgehead atoms. The molecule has 128 valence electrons. The molecule has 0 amide bonds. The lowest BCUT2D eigenvalue weighted by Gasteiger charge is -2.59. The molecule has 2 saturated carbocycles. The van der Waals surface area contributed by atoms with Gasteiger partial charge in [0.15, 0.2) is 0 Å². The topological polar surface area (TPSA) is 27.0 Å². The number of halogens is 3. The van der Waals surface area contributed by atoms with Crippen LogP contribution in [0.15, 0.2) is 18.2 Å². The average molecular weight is 334 g/mol. The Labute approximate surface area is 140 Å². The average Bonchev–Trinajstić information content (AvgIpc) is 2.87. The maximum atomic E-state index is 13.1. The Bertz CT molecular complexity index is 706. The van der Waals surface area contributed by atoms with Crippen LogP contribution >= 0.6 is 0 Å². The van der Waals surface area contributed by atoms with Gasteiger partial charge in [0.1, 0.15) is 6.07 Å². The highest BCUT2D eigenvalue weighted by Gasteiger charge is 2.63. The highest BCUT2D eigenvalue weighted by Crippen LogP contribution is 2.66. The van der Waals surface area contributed by atoms with Crippen molar-refractivity contribution in [3.05, 3.63) is 29.3 Å². The molecule has 1 aromatic carbocycles. The predicted molar refractivity (Wildman–Crippen MR) is 85.4 cm³/mol. The fraction of sp³-hybridized carbons (Fsp3) is 0.632. The Hall–Kier alpha value is -1.70. The van der Waals surface area contributed by atoms with Gasteiger partial charge < -0.3 is 4.90 Å². The first-order valence-electron chi connectivity index (χ1n) is 8.73. The van der Waals surface area contributed by atoms with Gasteiger partial charge in [-0.15, -0.1) is 0 Å². The molecule has 4 rings (SSSR count). The maximum Gasteiger partial charge on any atom is 0.416 e. The fourth-order valence-corrected chi connectivity index (χ4v) is 5.79. The van der Waals surface area contributed by atoms with Crippen molar-refractivity contribution in [1.29, 1.82) is 5.26 Å². The smallest absolute Gasteiger partial charge is 0.370 e. The SMILES string of the molecule is CC1C2CCCCC23CN(c2cc(C(F)(F)F)ccc2C#N)CC13. The van der Waals surface area contributed by atoms with E-state index in [2.05, 4.69) is 17.9 Å². The standard InChI is InChI=1S/C19H21F3N2/c1-12-15-4-2-3-7-18(15)11-24(10-16(12)18)17-8-14(19(20,21)22)6-5-13(17)9-23/h5-6,8,12,15-16H,2-4,7,10-11H2,1H3. The van der Waals surface area contributed by atoms with E-state index < -0.39 is 11.7 Å². The van der Waals surface area contributed by atoms with Crippen LogP contribution in [0, 0.1) is 34.5 Å². The summed E-state index contributed by atoms with van der Waals surface area (Å²) in [6, 6.07) is 5.57. The van der Waals surface area contributed by atoms with Crippen LogP contribution in [0.3, 0.4) is 0 Å². The molecule has 24 heavy (non-hydrogen) atoms. The number of alkyl halides is 3. The van der Waals surface area contributed by atoms with Gasteiger partial charge in [0, 0.05) is 13.1 Å². The van der Waals surface area contributed by atoms with Gasteiger partial charge in [0.05, 0.1) is 16.8 Å². The lowest BCUT2D eigenvalue weighted by atomic mass is 9.44. The van der Waals surface area contributed by atoms with Gasteiger partial charge in [-0.05, 0) is 54.2 Å². The first-order valence-corrected chi connectivity index (χ1v) is 8.73. The summed E-state index contributed by atoms with van der Waals surface area (Å²) in [7, 11) is 0. The van der Waals surface area contributed by atoms with E-state index in [-0.39, 0.29) is 5.41 Å². The maximum absolute atomic E-state index is 13.1. The van der Waals surface area contributed by atoms with E-state index in [1.54, 1.807) is 0 Å². The summed E-state index contributed by atoms with van der Waals surface area (Å²) < 4.78 is 39.3. The minimum atomic E-state index is -4.37. The van der Waals surface area contributed by atoms with Crippen molar-refractivity contribution in [2.24, 2.45) is 23.2 Å². The highest BCUT2D eigenvalue weighted by molar-refractivity contribution is 5.62. The van der Waals surface area contributed by atoms with E-state index in [0.29, 0.717) is 29.0 Å². The van der Waals surface area contributed by atoms with Gasteiger partial charge in [-0.1, -0.05) is 19.8 Å². The number of nitrogens with zero attached hydrogens (tertiary/aromatic N) is 2. The van der Waals surface area contributed by atoms with Crippen molar-refractivity contribution in [2.45, 2.75) is 38.8 Å². The van der Waals surface area contributed by atoms with Crippen LogP contribution in [-0.2, 0) is 6.18 Å². The normalized spacial score (nSPS) is 35.0. The zero-order valence-electron chi connectivity index (χ0n) is 13.7. The van der Waals surface area contributed by atoms with Gasteiger partial charge in [0.2, 0.25) is 0 Å².